The SMILES string of the molecule is Cl.Cl.NCCCC(N)CNC(=O)c1[nH]c2c(O)cccc2c1-c1ccc(F)cc1. The van der Waals surface area contributed by atoms with Crippen LogP contribution in [0.4, 0.5) is 4.39 Å². The second kappa shape index (κ2) is 11.0. The number of phenols is 1. The summed E-state index contributed by atoms with van der Waals surface area (Å²) in [5, 5.41) is 13.6. The van der Waals surface area contributed by atoms with Gasteiger partial charge in [-0.3, -0.25) is 4.79 Å². The van der Waals surface area contributed by atoms with E-state index in [0.29, 0.717) is 40.8 Å². The molecule has 0 aliphatic carbocycles. The highest BCUT2D eigenvalue weighted by atomic mass is 35.5. The summed E-state index contributed by atoms with van der Waals surface area (Å²) in [5.41, 5.74) is 13.5. The minimum Gasteiger partial charge on any atom is -0.506 e. The molecule has 1 atom stereocenters. The molecule has 0 spiro atoms. The van der Waals surface area contributed by atoms with Crippen LogP contribution in [0.3, 0.4) is 0 Å². The molecule has 1 unspecified atom stereocenters. The van der Waals surface area contributed by atoms with E-state index in [1.165, 1.54) is 18.2 Å². The number of phenolic OH excluding ortho intramolecular Hbond substituents is 1. The Labute approximate surface area is 180 Å². The summed E-state index contributed by atoms with van der Waals surface area (Å²) >= 11 is 0. The van der Waals surface area contributed by atoms with Gasteiger partial charge in [-0.2, -0.15) is 0 Å². The van der Waals surface area contributed by atoms with Crippen LogP contribution in [0.2, 0.25) is 0 Å². The van der Waals surface area contributed by atoms with Gasteiger partial charge in [0, 0.05) is 23.5 Å². The molecule has 1 aromatic heterocycles. The Morgan fingerprint density at radius 2 is 1.86 bits per heavy atom. The number of nitrogens with two attached hydrogens (primary N) is 2. The number of hydrogen-bond acceptors (Lipinski definition) is 4. The number of benzene rings is 2. The van der Waals surface area contributed by atoms with Gasteiger partial charge in [0.25, 0.3) is 5.91 Å². The molecular weight excluding hydrogens is 418 g/mol. The maximum atomic E-state index is 13.3. The van der Waals surface area contributed by atoms with Crippen molar-refractivity contribution >= 4 is 41.6 Å². The topological polar surface area (TPSA) is 117 Å². The molecular formula is C20H25Cl2FN4O2. The van der Waals surface area contributed by atoms with Crippen LogP contribution in [0.15, 0.2) is 42.5 Å². The predicted octanol–water partition coefficient (Wildman–Crippen LogP) is 3.32. The normalized spacial score (nSPS) is 11.4. The Balaban J connectivity index is 0.00000210. The summed E-state index contributed by atoms with van der Waals surface area (Å²) in [6.07, 6.45) is 1.51. The lowest BCUT2D eigenvalue weighted by atomic mass is 10.0. The van der Waals surface area contributed by atoms with Crippen LogP contribution < -0.4 is 16.8 Å². The largest absolute Gasteiger partial charge is 0.506 e. The molecule has 0 bridgehead atoms. The Morgan fingerprint density at radius 3 is 2.52 bits per heavy atom. The van der Waals surface area contributed by atoms with E-state index in [9.17, 15) is 14.3 Å². The second-order valence-electron chi connectivity index (χ2n) is 6.48. The van der Waals surface area contributed by atoms with E-state index in [4.69, 9.17) is 11.5 Å². The zero-order chi connectivity index (χ0) is 19.4. The molecule has 0 radical (unpaired) electrons. The highest BCUT2D eigenvalue weighted by molar-refractivity contribution is 6.10. The number of halogens is 3. The molecule has 6 nitrogen and oxygen atoms in total. The molecule has 0 aliphatic rings. The number of rotatable bonds is 7. The van der Waals surface area contributed by atoms with E-state index in [1.54, 1.807) is 24.3 Å². The Hall–Kier alpha value is -2.32. The number of amides is 1. The maximum Gasteiger partial charge on any atom is 0.268 e. The molecule has 158 valence electrons. The first-order chi connectivity index (χ1) is 13.0. The lowest BCUT2D eigenvalue weighted by Gasteiger charge is -2.12. The standard InChI is InChI=1S/C20H23FN4O2.2ClH/c21-13-8-6-12(7-9-13)17-15-4-1-5-16(26)18(15)25-19(17)20(27)24-11-14(23)3-2-10-22;;/h1,4-9,14,25-26H,2-3,10-11,22-23H2,(H,24,27);2*1H. The van der Waals surface area contributed by atoms with Crippen molar-refractivity contribution in [2.45, 2.75) is 18.9 Å². The van der Waals surface area contributed by atoms with Crippen LogP contribution in [0.5, 0.6) is 5.75 Å². The van der Waals surface area contributed by atoms with Gasteiger partial charge in [-0.25, -0.2) is 4.39 Å². The van der Waals surface area contributed by atoms with Gasteiger partial charge in [0.2, 0.25) is 0 Å². The van der Waals surface area contributed by atoms with Crippen LogP contribution >= 0.6 is 24.8 Å². The van der Waals surface area contributed by atoms with Gasteiger partial charge in [-0.05, 0) is 43.1 Å². The number of H-pyrrole nitrogens is 1. The van der Waals surface area contributed by atoms with E-state index in [2.05, 4.69) is 10.3 Å². The van der Waals surface area contributed by atoms with Crippen LogP contribution in [0.1, 0.15) is 23.3 Å². The first-order valence-corrected chi connectivity index (χ1v) is 8.84. The number of carbonyl (C=O) groups excluding carboxylic acids is 1. The molecule has 1 amide bonds. The van der Waals surface area contributed by atoms with Crippen LogP contribution in [0.25, 0.3) is 22.0 Å². The Bertz CT molecular complexity index is 948. The van der Waals surface area contributed by atoms with Crippen LogP contribution in [-0.2, 0) is 0 Å². The smallest absolute Gasteiger partial charge is 0.268 e. The van der Waals surface area contributed by atoms with Crippen LogP contribution in [-0.4, -0.2) is 35.1 Å². The first-order valence-electron chi connectivity index (χ1n) is 8.84. The number of aromatic amines is 1. The van der Waals surface area contributed by atoms with Crippen molar-refractivity contribution in [3.63, 3.8) is 0 Å². The zero-order valence-corrected chi connectivity index (χ0v) is 17.3. The minimum atomic E-state index is -0.363. The van der Waals surface area contributed by atoms with Gasteiger partial charge < -0.3 is 26.9 Å². The molecule has 29 heavy (non-hydrogen) atoms. The zero-order valence-electron chi connectivity index (χ0n) is 15.7. The van der Waals surface area contributed by atoms with E-state index in [0.717, 1.165) is 12.8 Å². The number of hydrogen-bond donors (Lipinski definition) is 5. The molecule has 3 aromatic rings. The number of nitrogens with one attached hydrogen (secondary N) is 2. The molecule has 3 rings (SSSR count). The van der Waals surface area contributed by atoms with Crippen molar-refractivity contribution in [1.82, 2.24) is 10.3 Å². The summed E-state index contributed by atoms with van der Waals surface area (Å²) in [7, 11) is 0. The van der Waals surface area contributed by atoms with Crippen molar-refractivity contribution in [3.05, 3.63) is 54.0 Å². The highest BCUT2D eigenvalue weighted by Gasteiger charge is 2.21. The van der Waals surface area contributed by atoms with Gasteiger partial charge in [0.1, 0.15) is 17.3 Å². The molecule has 0 saturated carbocycles. The van der Waals surface area contributed by atoms with Crippen molar-refractivity contribution < 1.29 is 14.3 Å². The fourth-order valence-corrected chi connectivity index (χ4v) is 3.08. The molecule has 2 aromatic carbocycles. The van der Waals surface area contributed by atoms with Gasteiger partial charge in [-0.1, -0.05) is 24.3 Å². The van der Waals surface area contributed by atoms with Crippen molar-refractivity contribution in [1.29, 1.82) is 0 Å². The molecule has 7 N–H and O–H groups in total. The Morgan fingerprint density at radius 1 is 1.17 bits per heavy atom. The van der Waals surface area contributed by atoms with E-state index in [1.807, 2.05) is 0 Å². The number of carbonyl (C=O) groups is 1. The maximum absolute atomic E-state index is 13.3. The fraction of sp³-hybridized carbons (Fsp3) is 0.250. The Kier molecular flexibility index (Phi) is 9.39. The van der Waals surface area contributed by atoms with Crippen molar-refractivity contribution in [3.8, 4) is 16.9 Å². The molecule has 0 fully saturated rings. The van der Waals surface area contributed by atoms with Gasteiger partial charge >= 0.3 is 0 Å². The minimum absolute atomic E-state index is 0. The van der Waals surface area contributed by atoms with Gasteiger partial charge in [-0.15, -0.1) is 24.8 Å². The van der Waals surface area contributed by atoms with Gasteiger partial charge in [0.15, 0.2) is 0 Å². The third kappa shape index (κ3) is 5.61. The van der Waals surface area contributed by atoms with E-state index >= 15 is 0 Å². The molecule has 1 heterocycles. The third-order valence-electron chi connectivity index (χ3n) is 4.48. The average Bonchev–Trinajstić information content (AvgIpc) is 3.06. The summed E-state index contributed by atoms with van der Waals surface area (Å²) in [6, 6.07) is 10.7. The lowest BCUT2D eigenvalue weighted by molar-refractivity contribution is 0.0947. The summed E-state index contributed by atoms with van der Waals surface area (Å²) in [4.78, 5) is 15.8. The molecule has 0 saturated heterocycles. The monoisotopic (exact) mass is 442 g/mol. The summed E-state index contributed by atoms with van der Waals surface area (Å²) in [6.45, 7) is 0.862. The van der Waals surface area contributed by atoms with Gasteiger partial charge in [0.05, 0.1) is 5.52 Å². The lowest BCUT2D eigenvalue weighted by Crippen LogP contribution is -2.37. The fourth-order valence-electron chi connectivity index (χ4n) is 3.08. The number of fused-ring (bicyclic) bond motifs is 1. The molecule has 0 aliphatic heterocycles. The number of para-hydroxylation sites is 1. The summed E-state index contributed by atoms with van der Waals surface area (Å²) in [5.74, 6) is -0.666. The third-order valence-corrected chi connectivity index (χ3v) is 4.48. The first kappa shape index (κ1) is 24.7. The highest BCUT2D eigenvalue weighted by Crippen LogP contribution is 2.36. The quantitative estimate of drug-likeness (QED) is 0.385. The van der Waals surface area contributed by atoms with Crippen LogP contribution in [0, 0.1) is 5.82 Å². The van der Waals surface area contributed by atoms with E-state index < -0.39 is 0 Å². The second-order valence-corrected chi connectivity index (χ2v) is 6.48. The van der Waals surface area contributed by atoms with Crippen molar-refractivity contribution in [2.75, 3.05) is 13.1 Å². The van der Waals surface area contributed by atoms with Crippen molar-refractivity contribution in [2.24, 2.45) is 11.5 Å². The predicted molar refractivity (Wildman–Crippen MR) is 118 cm³/mol. The average molecular weight is 443 g/mol. The number of aromatic nitrogens is 1. The van der Waals surface area contributed by atoms with E-state index in [-0.39, 0.29) is 48.3 Å². The number of aromatic hydroxyl groups is 1. The molecule has 9 heteroatoms. The summed E-state index contributed by atoms with van der Waals surface area (Å²) < 4.78 is 13.3.